The van der Waals surface area contributed by atoms with Crippen molar-refractivity contribution in [3.8, 4) is 12.3 Å². The fourth-order valence-corrected chi connectivity index (χ4v) is 2.36. The van der Waals surface area contributed by atoms with Gasteiger partial charge >= 0.3 is 0 Å². The summed E-state index contributed by atoms with van der Waals surface area (Å²) in [5.41, 5.74) is 0.673. The summed E-state index contributed by atoms with van der Waals surface area (Å²) in [7, 11) is 0. The normalized spacial score (nSPS) is 17.4. The maximum absolute atomic E-state index is 13.1. The van der Waals surface area contributed by atoms with Gasteiger partial charge in [-0.25, -0.2) is 4.39 Å². The SMILES string of the molecule is C#CCN1CCC(Nc2cc(F)ccc2Cl)CC1. The van der Waals surface area contributed by atoms with Crippen LogP contribution in [0.5, 0.6) is 0 Å². The van der Waals surface area contributed by atoms with Crippen LogP contribution in [0.4, 0.5) is 10.1 Å². The van der Waals surface area contributed by atoms with E-state index in [1.807, 2.05) is 0 Å². The second kappa shape index (κ2) is 6.08. The second-order valence-corrected chi connectivity index (χ2v) is 4.93. The lowest BCUT2D eigenvalue weighted by Crippen LogP contribution is -2.39. The number of halogens is 2. The third-order valence-electron chi connectivity index (χ3n) is 3.19. The van der Waals surface area contributed by atoms with Crippen LogP contribution in [0.15, 0.2) is 18.2 Å². The number of benzene rings is 1. The Hall–Kier alpha value is -1.24. The number of likely N-dealkylation sites (tertiary alicyclic amines) is 1. The molecule has 0 bridgehead atoms. The van der Waals surface area contributed by atoms with Gasteiger partial charge in [-0.2, -0.15) is 0 Å². The second-order valence-electron chi connectivity index (χ2n) is 4.52. The summed E-state index contributed by atoms with van der Waals surface area (Å²) in [6, 6.07) is 4.71. The maximum atomic E-state index is 13.1. The number of anilines is 1. The third kappa shape index (κ3) is 3.38. The van der Waals surface area contributed by atoms with E-state index < -0.39 is 0 Å². The highest BCUT2D eigenvalue weighted by Gasteiger charge is 2.19. The smallest absolute Gasteiger partial charge is 0.125 e. The molecule has 0 amide bonds. The molecule has 1 N–H and O–H groups in total. The van der Waals surface area contributed by atoms with Gasteiger partial charge in [0.2, 0.25) is 0 Å². The molecule has 18 heavy (non-hydrogen) atoms. The van der Waals surface area contributed by atoms with Crippen molar-refractivity contribution in [2.45, 2.75) is 18.9 Å². The average molecular weight is 267 g/mol. The van der Waals surface area contributed by atoms with Crippen LogP contribution in [0.3, 0.4) is 0 Å². The van der Waals surface area contributed by atoms with Gasteiger partial charge in [-0.3, -0.25) is 4.90 Å². The van der Waals surface area contributed by atoms with Crippen LogP contribution in [0.25, 0.3) is 0 Å². The molecule has 0 atom stereocenters. The molecule has 4 heteroatoms. The molecule has 2 rings (SSSR count). The van der Waals surface area contributed by atoms with E-state index >= 15 is 0 Å². The van der Waals surface area contributed by atoms with Gasteiger partial charge in [0.1, 0.15) is 5.82 Å². The molecule has 0 aliphatic carbocycles. The van der Waals surface area contributed by atoms with E-state index in [1.165, 1.54) is 12.1 Å². The van der Waals surface area contributed by atoms with Crippen molar-refractivity contribution in [1.29, 1.82) is 0 Å². The van der Waals surface area contributed by atoms with E-state index in [0.717, 1.165) is 25.9 Å². The van der Waals surface area contributed by atoms with E-state index in [0.29, 0.717) is 23.3 Å². The Morgan fingerprint density at radius 3 is 2.83 bits per heavy atom. The minimum atomic E-state index is -0.272. The van der Waals surface area contributed by atoms with Crippen LogP contribution in [0.1, 0.15) is 12.8 Å². The Morgan fingerprint density at radius 1 is 1.44 bits per heavy atom. The number of nitrogens with one attached hydrogen (secondary N) is 1. The van der Waals surface area contributed by atoms with Crippen molar-refractivity contribution in [3.05, 3.63) is 29.0 Å². The molecule has 96 valence electrons. The van der Waals surface area contributed by atoms with Gasteiger partial charge in [0.15, 0.2) is 0 Å². The van der Waals surface area contributed by atoms with Crippen LogP contribution in [-0.4, -0.2) is 30.6 Å². The maximum Gasteiger partial charge on any atom is 0.125 e. The van der Waals surface area contributed by atoms with Crippen LogP contribution in [0, 0.1) is 18.2 Å². The summed E-state index contributed by atoms with van der Waals surface area (Å²) in [5, 5.41) is 3.86. The minimum absolute atomic E-state index is 0.272. The van der Waals surface area contributed by atoms with Crippen molar-refractivity contribution in [1.82, 2.24) is 4.90 Å². The lowest BCUT2D eigenvalue weighted by molar-refractivity contribution is 0.243. The molecular formula is C14H16ClFN2. The molecule has 0 saturated carbocycles. The molecule has 0 aromatic heterocycles. The summed E-state index contributed by atoms with van der Waals surface area (Å²) in [6.07, 6.45) is 7.28. The number of hydrogen-bond acceptors (Lipinski definition) is 2. The molecule has 1 aliphatic heterocycles. The number of hydrogen-bond donors (Lipinski definition) is 1. The van der Waals surface area contributed by atoms with E-state index in [1.54, 1.807) is 6.07 Å². The number of piperidine rings is 1. The predicted octanol–water partition coefficient (Wildman–Crippen LogP) is 2.99. The Bertz CT molecular complexity index is 448. The molecule has 1 saturated heterocycles. The van der Waals surface area contributed by atoms with Crippen LogP contribution >= 0.6 is 11.6 Å². The highest BCUT2D eigenvalue weighted by Crippen LogP contribution is 2.25. The molecule has 1 aromatic rings. The van der Waals surface area contributed by atoms with Crippen LogP contribution in [-0.2, 0) is 0 Å². The molecular weight excluding hydrogens is 251 g/mol. The zero-order valence-corrected chi connectivity index (χ0v) is 10.9. The lowest BCUT2D eigenvalue weighted by Gasteiger charge is -2.31. The highest BCUT2D eigenvalue weighted by atomic mass is 35.5. The largest absolute Gasteiger partial charge is 0.381 e. The van der Waals surface area contributed by atoms with Gasteiger partial charge < -0.3 is 5.32 Å². The van der Waals surface area contributed by atoms with Crippen molar-refractivity contribution < 1.29 is 4.39 Å². The lowest BCUT2D eigenvalue weighted by atomic mass is 10.0. The number of terminal acetylenes is 1. The van der Waals surface area contributed by atoms with E-state index in [-0.39, 0.29) is 5.82 Å². The Kier molecular flexibility index (Phi) is 4.46. The summed E-state index contributed by atoms with van der Waals surface area (Å²) >= 11 is 6.03. The highest BCUT2D eigenvalue weighted by molar-refractivity contribution is 6.33. The monoisotopic (exact) mass is 266 g/mol. The van der Waals surface area contributed by atoms with Gasteiger partial charge in [0, 0.05) is 19.1 Å². The minimum Gasteiger partial charge on any atom is -0.381 e. The first-order valence-corrected chi connectivity index (χ1v) is 6.44. The Balaban J connectivity index is 1.92. The molecule has 1 aliphatic rings. The quantitative estimate of drug-likeness (QED) is 0.846. The van der Waals surface area contributed by atoms with Gasteiger partial charge in [0.25, 0.3) is 0 Å². The van der Waals surface area contributed by atoms with E-state index in [9.17, 15) is 4.39 Å². The summed E-state index contributed by atoms with van der Waals surface area (Å²) < 4.78 is 13.1. The number of nitrogens with zero attached hydrogens (tertiary/aromatic N) is 1. The van der Waals surface area contributed by atoms with E-state index in [4.69, 9.17) is 18.0 Å². The van der Waals surface area contributed by atoms with Crippen molar-refractivity contribution in [3.63, 3.8) is 0 Å². The Labute approximate surface area is 112 Å². The van der Waals surface area contributed by atoms with Crippen LogP contribution < -0.4 is 5.32 Å². The molecule has 0 spiro atoms. The van der Waals surface area contributed by atoms with Crippen molar-refractivity contribution in [2.75, 3.05) is 25.0 Å². The first-order chi connectivity index (χ1) is 8.69. The van der Waals surface area contributed by atoms with Crippen molar-refractivity contribution >= 4 is 17.3 Å². The summed E-state index contributed by atoms with van der Waals surface area (Å²) in [5.74, 6) is 2.38. The number of rotatable bonds is 3. The van der Waals surface area contributed by atoms with E-state index in [2.05, 4.69) is 16.1 Å². The standard InChI is InChI=1S/C14H16ClFN2/c1-2-7-18-8-5-12(6-9-18)17-14-10-11(16)3-4-13(14)15/h1,3-4,10,12,17H,5-9H2. The first kappa shape index (κ1) is 13.2. The topological polar surface area (TPSA) is 15.3 Å². The zero-order chi connectivity index (χ0) is 13.0. The van der Waals surface area contributed by atoms with Gasteiger partial charge in [-0.05, 0) is 31.0 Å². The molecule has 1 aromatic carbocycles. The molecule has 0 radical (unpaired) electrons. The zero-order valence-electron chi connectivity index (χ0n) is 10.1. The molecule has 1 heterocycles. The van der Waals surface area contributed by atoms with Gasteiger partial charge in [0.05, 0.1) is 17.3 Å². The fraction of sp³-hybridized carbons (Fsp3) is 0.429. The molecule has 2 nitrogen and oxygen atoms in total. The van der Waals surface area contributed by atoms with Gasteiger partial charge in [-0.15, -0.1) is 6.42 Å². The Morgan fingerprint density at radius 2 is 2.17 bits per heavy atom. The molecule has 1 fully saturated rings. The van der Waals surface area contributed by atoms with Crippen molar-refractivity contribution in [2.24, 2.45) is 0 Å². The average Bonchev–Trinajstić information content (AvgIpc) is 2.37. The predicted molar refractivity (Wildman–Crippen MR) is 73.3 cm³/mol. The van der Waals surface area contributed by atoms with Gasteiger partial charge in [-0.1, -0.05) is 17.5 Å². The van der Waals surface area contributed by atoms with Crippen LogP contribution in [0.2, 0.25) is 5.02 Å². The third-order valence-corrected chi connectivity index (χ3v) is 3.52. The summed E-state index contributed by atoms with van der Waals surface area (Å²) in [4.78, 5) is 2.24. The fourth-order valence-electron chi connectivity index (χ4n) is 2.19. The summed E-state index contributed by atoms with van der Waals surface area (Å²) in [6.45, 7) is 2.64. The first-order valence-electron chi connectivity index (χ1n) is 6.06. The molecule has 0 unspecified atom stereocenters.